The van der Waals surface area contributed by atoms with Crippen molar-refractivity contribution in [2.24, 2.45) is 0 Å². The van der Waals surface area contributed by atoms with Gasteiger partial charge in [-0.1, -0.05) is 11.8 Å². The minimum atomic E-state index is 0. The second-order valence-corrected chi connectivity index (χ2v) is 6.06. The molecule has 0 amide bonds. The number of fused-ring (bicyclic) bond motifs is 1. The molecule has 3 aromatic heterocycles. The van der Waals surface area contributed by atoms with Crippen molar-refractivity contribution in [2.75, 3.05) is 26.0 Å². The van der Waals surface area contributed by atoms with E-state index in [1.165, 1.54) is 12.7 Å². The zero-order valence-corrected chi connectivity index (χ0v) is 19.6. The molecule has 0 fully saturated rings. The first-order chi connectivity index (χ1) is 12.7. The molecule has 0 atom stereocenters. The van der Waals surface area contributed by atoms with Gasteiger partial charge < -0.3 is 20.4 Å². The third-order valence-corrected chi connectivity index (χ3v) is 4.27. The molecule has 134 valence electrons. The van der Waals surface area contributed by atoms with E-state index in [2.05, 4.69) is 31.7 Å². The topological polar surface area (TPSA) is 76.9 Å². The molecule has 0 radical (unpaired) electrons. The molecule has 0 aliphatic rings. The van der Waals surface area contributed by atoms with E-state index in [4.69, 9.17) is 17.0 Å². The standard InChI is InChI=1S/C19H20N5OS.K/c1-20-17(19(26)25-2)9-14-8-16(12-21-10-14)22-5-3-13-7-15-4-6-23-18(15)24-11-13;/h4,6-12,22H,3,5H2,1-2H3,(H,23,24);/q-1;+1/b17-9-;. The van der Waals surface area contributed by atoms with E-state index in [-0.39, 0.29) is 51.4 Å². The van der Waals surface area contributed by atoms with Gasteiger partial charge in [-0.25, -0.2) is 4.98 Å². The van der Waals surface area contributed by atoms with Gasteiger partial charge in [0.05, 0.1) is 12.8 Å². The number of hydrogen-bond donors (Lipinski definition) is 2. The number of nitrogens with one attached hydrogen (secondary N) is 2. The van der Waals surface area contributed by atoms with Crippen LogP contribution in [0.2, 0.25) is 0 Å². The van der Waals surface area contributed by atoms with Crippen LogP contribution in [0.3, 0.4) is 0 Å². The zero-order chi connectivity index (χ0) is 18.4. The van der Waals surface area contributed by atoms with Crippen molar-refractivity contribution in [3.8, 4) is 0 Å². The van der Waals surface area contributed by atoms with E-state index in [9.17, 15) is 0 Å². The van der Waals surface area contributed by atoms with Gasteiger partial charge in [-0.15, -0.1) is 7.05 Å². The third kappa shape index (κ3) is 6.10. The summed E-state index contributed by atoms with van der Waals surface area (Å²) in [4.78, 5) is 11.8. The molecule has 6 nitrogen and oxygen atoms in total. The number of pyridine rings is 2. The van der Waals surface area contributed by atoms with Gasteiger partial charge >= 0.3 is 51.4 Å². The fourth-order valence-corrected chi connectivity index (χ4v) is 2.73. The minimum Gasteiger partial charge on any atom is -0.683 e. The summed E-state index contributed by atoms with van der Waals surface area (Å²) in [5, 5.41) is 9.02. The predicted molar refractivity (Wildman–Crippen MR) is 109 cm³/mol. The molecule has 0 bridgehead atoms. The number of methoxy groups -OCH3 is 1. The Kier molecular flexibility index (Phi) is 8.87. The van der Waals surface area contributed by atoms with Crippen LogP contribution in [0.4, 0.5) is 5.69 Å². The Hall–Kier alpha value is -1.29. The summed E-state index contributed by atoms with van der Waals surface area (Å²) in [6, 6.07) is 6.18. The average Bonchev–Trinajstić information content (AvgIpc) is 3.13. The van der Waals surface area contributed by atoms with Crippen LogP contribution < -0.4 is 56.7 Å². The number of aromatic amines is 1. The molecule has 8 heteroatoms. The number of ether oxygens (including phenoxy) is 1. The van der Waals surface area contributed by atoms with E-state index in [1.807, 2.05) is 30.6 Å². The Balaban J connectivity index is 0.00000261. The monoisotopic (exact) mass is 405 g/mol. The Bertz CT molecular complexity index is 941. The molecule has 0 aliphatic carbocycles. The van der Waals surface area contributed by atoms with Crippen molar-refractivity contribution in [1.82, 2.24) is 15.0 Å². The van der Waals surface area contributed by atoms with E-state index < -0.39 is 0 Å². The Morgan fingerprint density at radius 3 is 2.96 bits per heavy atom. The zero-order valence-electron chi connectivity index (χ0n) is 15.7. The number of hydrogen-bond acceptors (Lipinski definition) is 5. The van der Waals surface area contributed by atoms with E-state index in [0.29, 0.717) is 10.7 Å². The first-order valence-electron chi connectivity index (χ1n) is 8.20. The molecule has 0 unspecified atom stereocenters. The molecule has 3 rings (SSSR count). The molecule has 0 spiro atoms. The number of aromatic nitrogens is 3. The van der Waals surface area contributed by atoms with Gasteiger partial charge in [0.2, 0.25) is 0 Å². The van der Waals surface area contributed by atoms with Crippen molar-refractivity contribution in [3.63, 3.8) is 0 Å². The third-order valence-electron chi connectivity index (χ3n) is 3.90. The number of likely N-dealkylation sites (N-methyl/N-ethyl adjacent to an activating group) is 1. The van der Waals surface area contributed by atoms with E-state index in [1.54, 1.807) is 19.4 Å². The maximum Gasteiger partial charge on any atom is 1.00 e. The Labute approximate surface area is 206 Å². The number of H-pyrrole nitrogens is 1. The van der Waals surface area contributed by atoms with Gasteiger partial charge in [-0.05, 0) is 48.0 Å². The van der Waals surface area contributed by atoms with Crippen molar-refractivity contribution < 1.29 is 56.1 Å². The van der Waals surface area contributed by atoms with Gasteiger partial charge in [0.25, 0.3) is 0 Å². The quantitative estimate of drug-likeness (QED) is 0.348. The van der Waals surface area contributed by atoms with Gasteiger partial charge in [0.15, 0.2) is 5.05 Å². The van der Waals surface area contributed by atoms with Gasteiger partial charge in [0.1, 0.15) is 5.65 Å². The second-order valence-electron chi connectivity index (χ2n) is 5.69. The molecule has 3 aromatic rings. The molecule has 27 heavy (non-hydrogen) atoms. The van der Waals surface area contributed by atoms with Gasteiger partial charge in [0, 0.05) is 36.7 Å². The van der Waals surface area contributed by atoms with Crippen LogP contribution >= 0.6 is 12.2 Å². The van der Waals surface area contributed by atoms with Crippen LogP contribution in [0.1, 0.15) is 11.1 Å². The minimum absolute atomic E-state index is 0. The van der Waals surface area contributed by atoms with E-state index in [0.717, 1.165) is 35.2 Å². The number of nitrogens with zero attached hydrogens (tertiary/aromatic N) is 3. The van der Waals surface area contributed by atoms with Crippen LogP contribution in [0.25, 0.3) is 22.4 Å². The Morgan fingerprint density at radius 1 is 1.33 bits per heavy atom. The number of thiocarbonyl (C=S) groups is 1. The summed E-state index contributed by atoms with van der Waals surface area (Å²) in [6.45, 7) is 0.786. The van der Waals surface area contributed by atoms with Crippen molar-refractivity contribution in [2.45, 2.75) is 6.42 Å². The van der Waals surface area contributed by atoms with Crippen molar-refractivity contribution >= 4 is 40.1 Å². The Morgan fingerprint density at radius 2 is 2.19 bits per heavy atom. The molecule has 3 heterocycles. The van der Waals surface area contributed by atoms with Crippen molar-refractivity contribution in [3.05, 3.63) is 65.1 Å². The van der Waals surface area contributed by atoms with Crippen LogP contribution in [0, 0.1) is 0 Å². The molecular formula is C19H20KN5OS. The smallest absolute Gasteiger partial charge is 0.683 e. The fraction of sp³-hybridized carbons (Fsp3) is 0.211. The maximum atomic E-state index is 5.13. The number of rotatable bonds is 7. The predicted octanol–water partition coefficient (Wildman–Crippen LogP) is 0.935. The van der Waals surface area contributed by atoms with Crippen LogP contribution in [0.5, 0.6) is 0 Å². The van der Waals surface area contributed by atoms with Crippen LogP contribution in [-0.2, 0) is 11.2 Å². The largest absolute Gasteiger partial charge is 1.00 e. The first kappa shape index (κ1) is 22.0. The summed E-state index contributed by atoms with van der Waals surface area (Å²) in [5.74, 6) is 0. The van der Waals surface area contributed by atoms with Gasteiger partial charge in [-0.3, -0.25) is 4.98 Å². The summed E-state index contributed by atoms with van der Waals surface area (Å²) >= 11 is 5.13. The second kappa shape index (κ2) is 10.9. The number of anilines is 1. The van der Waals surface area contributed by atoms with E-state index >= 15 is 0 Å². The van der Waals surface area contributed by atoms with Crippen molar-refractivity contribution in [1.29, 1.82) is 0 Å². The summed E-state index contributed by atoms with van der Waals surface area (Å²) < 4.78 is 5.07. The molecule has 2 N–H and O–H groups in total. The molecule has 0 aromatic carbocycles. The normalized spacial score (nSPS) is 11.0. The van der Waals surface area contributed by atoms with Crippen LogP contribution in [0.15, 0.2) is 48.7 Å². The molecule has 0 saturated carbocycles. The maximum absolute atomic E-state index is 5.13. The molecule has 0 saturated heterocycles. The fourth-order valence-electron chi connectivity index (χ4n) is 2.58. The first-order valence-corrected chi connectivity index (χ1v) is 8.61. The summed E-state index contributed by atoms with van der Waals surface area (Å²) in [7, 11) is 3.22. The molecule has 0 aliphatic heterocycles. The molecular weight excluding hydrogens is 385 g/mol. The summed E-state index contributed by atoms with van der Waals surface area (Å²) in [5.41, 5.74) is 4.56. The van der Waals surface area contributed by atoms with Gasteiger partial charge in [-0.2, -0.15) is 0 Å². The SMILES string of the molecule is C[N-]/C(=C\c1cncc(NCCc2cnc3[nH]ccc3c2)c1)C(=S)OC.[K+]. The summed E-state index contributed by atoms with van der Waals surface area (Å²) in [6.07, 6.45) is 10.1. The van der Waals surface area contributed by atoms with Crippen LogP contribution in [-0.4, -0.2) is 40.7 Å². The average molecular weight is 406 g/mol.